The lowest BCUT2D eigenvalue weighted by molar-refractivity contribution is 0.252. The highest BCUT2D eigenvalue weighted by atomic mass is 16.6. The number of fused-ring (bicyclic) bond motifs is 1. The Morgan fingerprint density at radius 3 is 2.74 bits per heavy atom. The van der Waals surface area contributed by atoms with Crippen LogP contribution in [0.2, 0.25) is 0 Å². The number of epoxide rings is 1. The van der Waals surface area contributed by atoms with Gasteiger partial charge in [0.05, 0.1) is 24.4 Å². The second kappa shape index (κ2) is 7.78. The van der Waals surface area contributed by atoms with Crippen molar-refractivity contribution < 1.29 is 14.9 Å². The van der Waals surface area contributed by atoms with Crippen molar-refractivity contribution in [2.75, 3.05) is 6.61 Å². The highest BCUT2D eigenvalue weighted by Crippen LogP contribution is 2.44. The fourth-order valence-electron chi connectivity index (χ4n) is 3.32. The summed E-state index contributed by atoms with van der Waals surface area (Å²) in [6.07, 6.45) is 9.18. The van der Waals surface area contributed by atoms with E-state index >= 15 is 0 Å². The van der Waals surface area contributed by atoms with Gasteiger partial charge in [0.25, 0.3) is 0 Å². The summed E-state index contributed by atoms with van der Waals surface area (Å²) in [6, 6.07) is 0. The number of ether oxygens (including phenoxy) is 1. The van der Waals surface area contributed by atoms with E-state index in [1.54, 1.807) is 0 Å². The minimum atomic E-state index is -0.579. The molecule has 2 aliphatic rings. The van der Waals surface area contributed by atoms with E-state index in [1.165, 1.54) is 5.57 Å². The lowest BCUT2D eigenvalue weighted by atomic mass is 9.89. The zero-order valence-corrected chi connectivity index (χ0v) is 14.8. The molecule has 0 unspecified atom stereocenters. The van der Waals surface area contributed by atoms with Crippen LogP contribution in [0, 0.1) is 5.92 Å². The third-order valence-corrected chi connectivity index (χ3v) is 5.31. The Labute approximate surface area is 140 Å². The number of rotatable bonds is 2. The highest BCUT2D eigenvalue weighted by Gasteiger charge is 2.50. The molecule has 0 amide bonds. The third kappa shape index (κ3) is 5.03. The predicted octanol–water partition coefficient (Wildman–Crippen LogP) is 3.92. The molecule has 3 atom stereocenters. The lowest BCUT2D eigenvalue weighted by Gasteiger charge is -2.18. The Kier molecular flexibility index (Phi) is 6.24. The number of aliphatic hydroxyl groups excluding tert-OH is 2. The molecule has 1 aliphatic carbocycles. The molecule has 0 aromatic carbocycles. The minimum Gasteiger partial charge on any atom is -0.392 e. The normalized spacial score (nSPS) is 38.1. The molecular weight excluding hydrogens is 288 g/mol. The SMILES string of the molecule is C=C1CC/C=C(\CO)CC[C@@H]2O[C@@]2(C)CC/C(C(C)C)=C\[C@@H]1O. The maximum atomic E-state index is 10.4. The smallest absolute Gasteiger partial charge is 0.0932 e. The Morgan fingerprint density at radius 1 is 1.35 bits per heavy atom. The molecule has 0 saturated carbocycles. The van der Waals surface area contributed by atoms with Gasteiger partial charge in [-0.1, -0.05) is 38.2 Å². The molecule has 1 aliphatic heterocycles. The molecule has 1 saturated heterocycles. The molecule has 2 N–H and O–H groups in total. The maximum Gasteiger partial charge on any atom is 0.0932 e. The van der Waals surface area contributed by atoms with Crippen LogP contribution in [0.25, 0.3) is 0 Å². The molecule has 0 radical (unpaired) electrons. The van der Waals surface area contributed by atoms with Crippen LogP contribution >= 0.6 is 0 Å². The van der Waals surface area contributed by atoms with Gasteiger partial charge in [-0.05, 0) is 62.5 Å². The number of allylic oxidation sites excluding steroid dienone is 2. The van der Waals surface area contributed by atoms with Crippen LogP contribution in [0.5, 0.6) is 0 Å². The topological polar surface area (TPSA) is 53.0 Å². The molecule has 0 aromatic heterocycles. The van der Waals surface area contributed by atoms with Crippen molar-refractivity contribution in [1.82, 2.24) is 0 Å². The summed E-state index contributed by atoms with van der Waals surface area (Å²) in [4.78, 5) is 0. The number of aliphatic hydroxyl groups is 2. The van der Waals surface area contributed by atoms with E-state index in [-0.39, 0.29) is 12.2 Å². The lowest BCUT2D eigenvalue weighted by Crippen LogP contribution is -2.14. The van der Waals surface area contributed by atoms with Gasteiger partial charge in [0.1, 0.15) is 0 Å². The zero-order chi connectivity index (χ0) is 17.0. The Hall–Kier alpha value is -0.900. The number of hydrogen-bond acceptors (Lipinski definition) is 3. The van der Waals surface area contributed by atoms with E-state index in [0.717, 1.165) is 49.7 Å². The van der Waals surface area contributed by atoms with Crippen molar-refractivity contribution >= 4 is 0 Å². The van der Waals surface area contributed by atoms with E-state index in [9.17, 15) is 10.2 Å². The first-order valence-electron chi connectivity index (χ1n) is 8.88. The Bertz CT molecular complexity index is 489. The fraction of sp³-hybridized carbons (Fsp3) is 0.700. The van der Waals surface area contributed by atoms with Gasteiger partial charge in [-0.25, -0.2) is 0 Å². The third-order valence-electron chi connectivity index (χ3n) is 5.31. The largest absolute Gasteiger partial charge is 0.392 e. The van der Waals surface area contributed by atoms with Crippen LogP contribution in [-0.4, -0.2) is 34.6 Å². The van der Waals surface area contributed by atoms with E-state index in [0.29, 0.717) is 12.0 Å². The van der Waals surface area contributed by atoms with Gasteiger partial charge in [-0.2, -0.15) is 0 Å². The van der Waals surface area contributed by atoms with Gasteiger partial charge >= 0.3 is 0 Å². The molecule has 23 heavy (non-hydrogen) atoms. The van der Waals surface area contributed by atoms with Gasteiger partial charge in [0.15, 0.2) is 0 Å². The van der Waals surface area contributed by atoms with Crippen LogP contribution in [0.1, 0.15) is 59.3 Å². The Morgan fingerprint density at radius 2 is 2.09 bits per heavy atom. The van der Waals surface area contributed by atoms with Crippen molar-refractivity contribution in [2.24, 2.45) is 5.92 Å². The van der Waals surface area contributed by atoms with Gasteiger partial charge in [-0.15, -0.1) is 0 Å². The summed E-state index contributed by atoms with van der Waals surface area (Å²) in [5.74, 6) is 0.423. The van der Waals surface area contributed by atoms with Crippen molar-refractivity contribution in [1.29, 1.82) is 0 Å². The molecule has 3 nitrogen and oxygen atoms in total. The first-order chi connectivity index (χ1) is 10.9. The summed E-state index contributed by atoms with van der Waals surface area (Å²) in [5, 5.41) is 19.9. The molecule has 0 spiro atoms. The average Bonchev–Trinajstić information content (AvgIpc) is 3.16. The summed E-state index contributed by atoms with van der Waals surface area (Å²) in [7, 11) is 0. The first kappa shape index (κ1) is 18.4. The summed E-state index contributed by atoms with van der Waals surface area (Å²) >= 11 is 0. The van der Waals surface area contributed by atoms with Crippen molar-refractivity contribution in [3.05, 3.63) is 35.5 Å². The van der Waals surface area contributed by atoms with E-state index in [4.69, 9.17) is 4.74 Å². The molecule has 3 heteroatoms. The van der Waals surface area contributed by atoms with Gasteiger partial charge in [0.2, 0.25) is 0 Å². The van der Waals surface area contributed by atoms with Crippen LogP contribution < -0.4 is 0 Å². The van der Waals surface area contributed by atoms with Crippen molar-refractivity contribution in [3.8, 4) is 0 Å². The molecule has 1 heterocycles. The summed E-state index contributed by atoms with van der Waals surface area (Å²) in [6.45, 7) is 10.7. The van der Waals surface area contributed by atoms with Crippen molar-refractivity contribution in [2.45, 2.75) is 77.1 Å². The van der Waals surface area contributed by atoms with Crippen LogP contribution in [0.3, 0.4) is 0 Å². The molecule has 0 aromatic rings. The monoisotopic (exact) mass is 320 g/mol. The van der Waals surface area contributed by atoms with Crippen molar-refractivity contribution in [3.63, 3.8) is 0 Å². The van der Waals surface area contributed by atoms with E-state index < -0.39 is 6.10 Å². The van der Waals surface area contributed by atoms with E-state index in [1.807, 2.05) is 6.08 Å². The van der Waals surface area contributed by atoms with Crippen LogP contribution in [0.15, 0.2) is 35.5 Å². The Balaban J connectivity index is 2.15. The summed E-state index contributed by atoms with van der Waals surface area (Å²) in [5.41, 5.74) is 3.17. The highest BCUT2D eigenvalue weighted by molar-refractivity contribution is 5.19. The molecule has 0 bridgehead atoms. The van der Waals surface area contributed by atoms with E-state index in [2.05, 4.69) is 33.4 Å². The van der Waals surface area contributed by atoms with Crippen LogP contribution in [-0.2, 0) is 4.74 Å². The predicted molar refractivity (Wildman–Crippen MR) is 94.2 cm³/mol. The van der Waals surface area contributed by atoms with Crippen LogP contribution in [0.4, 0.5) is 0 Å². The molecular formula is C20H32O3. The summed E-state index contributed by atoms with van der Waals surface area (Å²) < 4.78 is 5.93. The maximum absolute atomic E-state index is 10.4. The zero-order valence-electron chi connectivity index (χ0n) is 14.8. The fourth-order valence-corrected chi connectivity index (χ4v) is 3.32. The second-order valence-corrected chi connectivity index (χ2v) is 7.52. The molecule has 2 rings (SSSR count). The van der Waals surface area contributed by atoms with Gasteiger partial charge in [0, 0.05) is 0 Å². The second-order valence-electron chi connectivity index (χ2n) is 7.52. The molecule has 1 fully saturated rings. The molecule has 130 valence electrons. The minimum absolute atomic E-state index is 0.0410. The quantitative estimate of drug-likeness (QED) is 0.599. The first-order valence-corrected chi connectivity index (χ1v) is 8.88. The average molecular weight is 320 g/mol. The number of hydrogen-bond donors (Lipinski definition) is 2. The van der Waals surface area contributed by atoms with Gasteiger partial charge in [-0.3, -0.25) is 0 Å². The standard InChI is InChI=1S/C20H32O3/c1-14(2)17-10-11-20(4)19(23-20)9-8-16(13-21)7-5-6-15(3)18(22)12-17/h7,12,14,18-19,21-22H,3,5-6,8-11,13H2,1-2,4H3/b16-7-,17-12+/t18-,19-,20-/m0/s1. The van der Waals surface area contributed by atoms with Gasteiger partial charge < -0.3 is 14.9 Å².